The number of hydrogen-bond donors (Lipinski definition) is 0. The zero-order valence-electron chi connectivity index (χ0n) is 12.7. The van der Waals surface area contributed by atoms with Crippen molar-refractivity contribution >= 4 is 23.5 Å². The summed E-state index contributed by atoms with van der Waals surface area (Å²) in [6, 6.07) is 11.9. The van der Waals surface area contributed by atoms with Crippen molar-refractivity contribution in [3.05, 3.63) is 64.2 Å². The van der Waals surface area contributed by atoms with Gasteiger partial charge in [0, 0.05) is 5.56 Å². The molecule has 0 aliphatic rings. The summed E-state index contributed by atoms with van der Waals surface area (Å²) in [5, 5.41) is 9.15. The van der Waals surface area contributed by atoms with Crippen molar-refractivity contribution in [2.45, 2.75) is 0 Å². The van der Waals surface area contributed by atoms with Crippen LogP contribution in [-0.2, 0) is 0 Å². The number of hydrogen-bond acceptors (Lipinski definition) is 4. The normalized spacial score (nSPS) is 10.3. The molecule has 2 rings (SSSR count). The Morgan fingerprint density at radius 3 is 2.43 bits per heavy atom. The average molecular weight is 328 g/mol. The summed E-state index contributed by atoms with van der Waals surface area (Å²) < 4.78 is 10.4. The average Bonchev–Trinajstić information content (AvgIpc) is 2.59. The van der Waals surface area contributed by atoms with Crippen LogP contribution in [0.3, 0.4) is 0 Å². The minimum absolute atomic E-state index is 0.166. The van der Waals surface area contributed by atoms with E-state index in [4.69, 9.17) is 26.3 Å². The van der Waals surface area contributed by atoms with Crippen molar-refractivity contribution in [1.29, 1.82) is 5.26 Å². The molecule has 0 saturated carbocycles. The van der Waals surface area contributed by atoms with E-state index < -0.39 is 0 Å². The molecule has 0 atom stereocenters. The Labute approximate surface area is 139 Å². The highest BCUT2D eigenvalue weighted by atomic mass is 35.5. The van der Waals surface area contributed by atoms with E-state index >= 15 is 0 Å². The molecule has 0 amide bonds. The van der Waals surface area contributed by atoms with E-state index in [9.17, 15) is 4.79 Å². The second-order valence-corrected chi connectivity index (χ2v) is 5.03. The molecule has 0 unspecified atom stereocenters. The fourth-order valence-electron chi connectivity index (χ4n) is 2.01. The Bertz CT molecular complexity index is 789. The predicted molar refractivity (Wildman–Crippen MR) is 89.1 cm³/mol. The number of benzene rings is 2. The van der Waals surface area contributed by atoms with E-state index in [0.717, 1.165) is 5.56 Å². The second-order valence-electron chi connectivity index (χ2n) is 4.62. The standard InChI is InChI=1S/C18H14ClNO3/c1-22-17-10-13(9-15(19)18(17)23-2)5-8-16(21)14-6-3-12(11-20)4-7-14/h3-10H,1-2H3/b8-5+. The molecule has 0 radical (unpaired) electrons. The third-order valence-electron chi connectivity index (χ3n) is 3.18. The number of ether oxygens (including phenoxy) is 2. The van der Waals surface area contributed by atoms with Gasteiger partial charge in [0.1, 0.15) is 0 Å². The lowest BCUT2D eigenvalue weighted by atomic mass is 10.1. The van der Waals surface area contributed by atoms with Crippen LogP contribution in [0, 0.1) is 11.3 Å². The molecule has 2 aromatic carbocycles. The number of methoxy groups -OCH3 is 2. The van der Waals surface area contributed by atoms with E-state index in [-0.39, 0.29) is 5.78 Å². The highest BCUT2D eigenvalue weighted by molar-refractivity contribution is 6.32. The number of rotatable bonds is 5. The van der Waals surface area contributed by atoms with Crippen molar-refractivity contribution < 1.29 is 14.3 Å². The number of carbonyl (C=O) groups excluding carboxylic acids is 1. The molecular formula is C18H14ClNO3. The molecular weight excluding hydrogens is 314 g/mol. The zero-order valence-corrected chi connectivity index (χ0v) is 13.4. The minimum atomic E-state index is -0.166. The van der Waals surface area contributed by atoms with Crippen LogP contribution < -0.4 is 9.47 Å². The Morgan fingerprint density at radius 1 is 1.17 bits per heavy atom. The molecule has 0 bridgehead atoms. The maximum absolute atomic E-state index is 12.1. The molecule has 5 heteroatoms. The molecule has 0 aromatic heterocycles. The maximum Gasteiger partial charge on any atom is 0.185 e. The summed E-state index contributed by atoms with van der Waals surface area (Å²) in [7, 11) is 3.03. The van der Waals surface area contributed by atoms with E-state index in [1.54, 1.807) is 42.5 Å². The molecule has 0 N–H and O–H groups in total. The molecule has 116 valence electrons. The first-order valence-corrected chi connectivity index (χ1v) is 7.11. The Balaban J connectivity index is 2.23. The maximum atomic E-state index is 12.1. The van der Waals surface area contributed by atoms with Gasteiger partial charge in [-0.2, -0.15) is 5.26 Å². The molecule has 0 aliphatic carbocycles. The smallest absolute Gasteiger partial charge is 0.185 e. The highest BCUT2D eigenvalue weighted by Gasteiger charge is 2.10. The SMILES string of the molecule is COc1cc(/C=C/C(=O)c2ccc(C#N)cc2)cc(Cl)c1OC. The number of allylic oxidation sites excluding steroid dienone is 1. The highest BCUT2D eigenvalue weighted by Crippen LogP contribution is 2.36. The monoisotopic (exact) mass is 327 g/mol. The van der Waals surface area contributed by atoms with Gasteiger partial charge in [0.05, 0.1) is 30.9 Å². The predicted octanol–water partition coefficient (Wildman–Crippen LogP) is 4.12. The molecule has 2 aromatic rings. The Morgan fingerprint density at radius 2 is 1.87 bits per heavy atom. The number of carbonyl (C=O) groups is 1. The van der Waals surface area contributed by atoms with Gasteiger partial charge in [-0.25, -0.2) is 0 Å². The Hall–Kier alpha value is -2.77. The van der Waals surface area contributed by atoms with Gasteiger partial charge < -0.3 is 9.47 Å². The molecule has 0 heterocycles. The largest absolute Gasteiger partial charge is 0.493 e. The molecule has 0 aliphatic heterocycles. The van der Waals surface area contributed by atoms with Crippen LogP contribution in [0.5, 0.6) is 11.5 Å². The minimum Gasteiger partial charge on any atom is -0.493 e. The van der Waals surface area contributed by atoms with Crippen LogP contribution in [0.25, 0.3) is 6.08 Å². The van der Waals surface area contributed by atoms with Gasteiger partial charge >= 0.3 is 0 Å². The number of halogens is 1. The summed E-state index contributed by atoms with van der Waals surface area (Å²) >= 11 is 6.12. The van der Waals surface area contributed by atoms with Crippen LogP contribution in [0.4, 0.5) is 0 Å². The first-order chi connectivity index (χ1) is 11.1. The van der Waals surface area contributed by atoms with Crippen LogP contribution in [0.2, 0.25) is 5.02 Å². The van der Waals surface area contributed by atoms with Gasteiger partial charge in [-0.05, 0) is 48.0 Å². The second kappa shape index (κ2) is 7.48. The third kappa shape index (κ3) is 3.91. The quantitative estimate of drug-likeness (QED) is 0.612. The topological polar surface area (TPSA) is 59.3 Å². The number of ketones is 1. The molecule has 0 spiro atoms. The molecule has 0 saturated heterocycles. The van der Waals surface area contributed by atoms with Gasteiger partial charge in [-0.1, -0.05) is 17.7 Å². The first-order valence-electron chi connectivity index (χ1n) is 6.73. The number of nitrogens with zero attached hydrogens (tertiary/aromatic N) is 1. The number of nitriles is 1. The van der Waals surface area contributed by atoms with E-state index in [2.05, 4.69) is 0 Å². The van der Waals surface area contributed by atoms with Gasteiger partial charge in [-0.3, -0.25) is 4.79 Å². The molecule has 23 heavy (non-hydrogen) atoms. The van der Waals surface area contributed by atoms with Crippen molar-refractivity contribution in [3.8, 4) is 17.6 Å². The van der Waals surface area contributed by atoms with Crippen molar-refractivity contribution in [1.82, 2.24) is 0 Å². The van der Waals surface area contributed by atoms with Gasteiger partial charge in [-0.15, -0.1) is 0 Å². The summed E-state index contributed by atoms with van der Waals surface area (Å²) in [6.45, 7) is 0. The van der Waals surface area contributed by atoms with Crippen molar-refractivity contribution in [3.63, 3.8) is 0 Å². The fourth-order valence-corrected chi connectivity index (χ4v) is 2.31. The summed E-state index contributed by atoms with van der Waals surface area (Å²) in [6.07, 6.45) is 3.09. The van der Waals surface area contributed by atoms with Crippen LogP contribution in [0.15, 0.2) is 42.5 Å². The fraction of sp³-hybridized carbons (Fsp3) is 0.111. The van der Waals surface area contributed by atoms with Crippen molar-refractivity contribution in [2.24, 2.45) is 0 Å². The zero-order chi connectivity index (χ0) is 16.8. The molecule has 4 nitrogen and oxygen atoms in total. The van der Waals surface area contributed by atoms with Crippen LogP contribution >= 0.6 is 11.6 Å². The van der Waals surface area contributed by atoms with Gasteiger partial charge in [0.25, 0.3) is 0 Å². The van der Waals surface area contributed by atoms with Crippen LogP contribution in [0.1, 0.15) is 21.5 Å². The Kier molecular flexibility index (Phi) is 5.40. The van der Waals surface area contributed by atoms with Crippen LogP contribution in [-0.4, -0.2) is 20.0 Å². The van der Waals surface area contributed by atoms with E-state index in [1.165, 1.54) is 20.3 Å². The molecule has 0 fully saturated rings. The lowest BCUT2D eigenvalue weighted by Crippen LogP contribution is -1.94. The van der Waals surface area contributed by atoms with E-state index in [0.29, 0.717) is 27.6 Å². The van der Waals surface area contributed by atoms with Crippen molar-refractivity contribution in [2.75, 3.05) is 14.2 Å². The van der Waals surface area contributed by atoms with E-state index in [1.807, 2.05) is 6.07 Å². The first kappa shape index (κ1) is 16.6. The lowest BCUT2D eigenvalue weighted by molar-refractivity contribution is 0.104. The van der Waals surface area contributed by atoms with Gasteiger partial charge in [0.15, 0.2) is 17.3 Å². The summed E-state index contributed by atoms with van der Waals surface area (Å²) in [4.78, 5) is 12.1. The third-order valence-corrected chi connectivity index (χ3v) is 3.46. The summed E-state index contributed by atoms with van der Waals surface area (Å²) in [5.74, 6) is 0.774. The summed E-state index contributed by atoms with van der Waals surface area (Å²) in [5.41, 5.74) is 1.73. The van der Waals surface area contributed by atoms with Gasteiger partial charge in [0.2, 0.25) is 0 Å². The lowest BCUT2D eigenvalue weighted by Gasteiger charge is -2.10.